The van der Waals surface area contributed by atoms with Crippen LogP contribution in [0.2, 0.25) is 0 Å². The Morgan fingerprint density at radius 1 is 1.29 bits per heavy atom. The van der Waals surface area contributed by atoms with Crippen LogP contribution in [0.5, 0.6) is 5.75 Å². The highest BCUT2D eigenvalue weighted by atomic mass is 16.5. The number of carbonyl (C=O) groups excluding carboxylic acids is 1. The van der Waals surface area contributed by atoms with Gasteiger partial charge in [0.1, 0.15) is 5.75 Å². The largest absolute Gasteiger partial charge is 0.412 e. The molecule has 88 valence electrons. The van der Waals surface area contributed by atoms with Crippen molar-refractivity contribution in [2.24, 2.45) is 0 Å². The smallest absolute Gasteiger partial charge is 0.410 e. The topological polar surface area (TPSA) is 56.2 Å². The second kappa shape index (κ2) is 5.69. The molecule has 0 aliphatic heterocycles. The summed E-state index contributed by atoms with van der Waals surface area (Å²) < 4.78 is 6.79. The molecule has 0 aliphatic carbocycles. The number of ether oxygens (including phenoxy) is 1. The number of nitrogens with zero attached hydrogens (tertiary/aromatic N) is 2. The van der Waals surface area contributed by atoms with Crippen LogP contribution < -0.4 is 10.1 Å². The molecule has 0 saturated carbocycles. The molecule has 1 N–H and O–H groups in total. The molecule has 5 heteroatoms. The number of para-hydroxylation sites is 1. The molecule has 2 aromatic rings. The maximum atomic E-state index is 11.4. The maximum absolute atomic E-state index is 11.4. The van der Waals surface area contributed by atoms with E-state index in [9.17, 15) is 4.79 Å². The van der Waals surface area contributed by atoms with Gasteiger partial charge < -0.3 is 10.1 Å². The van der Waals surface area contributed by atoms with Crippen molar-refractivity contribution in [2.45, 2.75) is 6.54 Å². The lowest BCUT2D eigenvalue weighted by molar-refractivity contribution is 0.200. The fourth-order valence-electron chi connectivity index (χ4n) is 1.34. The minimum absolute atomic E-state index is 0.455. The average molecular weight is 231 g/mol. The van der Waals surface area contributed by atoms with Gasteiger partial charge >= 0.3 is 6.09 Å². The third-order valence-electron chi connectivity index (χ3n) is 2.12. The first-order chi connectivity index (χ1) is 8.34. The van der Waals surface area contributed by atoms with Crippen LogP contribution in [-0.2, 0) is 6.54 Å². The van der Waals surface area contributed by atoms with E-state index in [-0.39, 0.29) is 0 Å². The number of amides is 1. The van der Waals surface area contributed by atoms with Gasteiger partial charge in [-0.25, -0.2) is 4.79 Å². The highest BCUT2D eigenvalue weighted by Gasteiger charge is 2.02. The van der Waals surface area contributed by atoms with Crippen molar-refractivity contribution in [2.75, 3.05) is 6.54 Å². The SMILES string of the molecule is O=C(NCCn1cccn1)Oc1ccccc1. The second-order valence-electron chi connectivity index (χ2n) is 3.40. The number of carbonyl (C=O) groups is 1. The molecule has 1 aromatic carbocycles. The molecule has 2 rings (SSSR count). The van der Waals surface area contributed by atoms with E-state index in [2.05, 4.69) is 10.4 Å². The zero-order chi connectivity index (χ0) is 11.9. The quantitative estimate of drug-likeness (QED) is 0.870. The van der Waals surface area contributed by atoms with Crippen molar-refractivity contribution in [1.29, 1.82) is 0 Å². The third-order valence-corrected chi connectivity index (χ3v) is 2.12. The van der Waals surface area contributed by atoms with Crippen molar-refractivity contribution in [3.63, 3.8) is 0 Å². The van der Waals surface area contributed by atoms with Crippen LogP contribution in [0.15, 0.2) is 48.8 Å². The van der Waals surface area contributed by atoms with Crippen LogP contribution in [0.4, 0.5) is 4.79 Å². The fourth-order valence-corrected chi connectivity index (χ4v) is 1.34. The van der Waals surface area contributed by atoms with Crippen molar-refractivity contribution in [1.82, 2.24) is 15.1 Å². The highest BCUT2D eigenvalue weighted by Crippen LogP contribution is 2.07. The Kier molecular flexibility index (Phi) is 3.75. The lowest BCUT2D eigenvalue weighted by Gasteiger charge is -2.06. The van der Waals surface area contributed by atoms with E-state index in [1.807, 2.05) is 30.5 Å². The third kappa shape index (κ3) is 3.64. The summed E-state index contributed by atoms with van der Waals surface area (Å²) in [6, 6.07) is 10.8. The summed E-state index contributed by atoms with van der Waals surface area (Å²) in [6.07, 6.45) is 3.08. The molecule has 0 radical (unpaired) electrons. The Morgan fingerprint density at radius 3 is 2.82 bits per heavy atom. The van der Waals surface area contributed by atoms with E-state index < -0.39 is 6.09 Å². The van der Waals surface area contributed by atoms with Gasteiger partial charge in [0.25, 0.3) is 0 Å². The van der Waals surface area contributed by atoms with Gasteiger partial charge in [0.05, 0.1) is 6.54 Å². The van der Waals surface area contributed by atoms with Gasteiger partial charge in [-0.05, 0) is 18.2 Å². The summed E-state index contributed by atoms with van der Waals surface area (Å²) >= 11 is 0. The van der Waals surface area contributed by atoms with Crippen molar-refractivity contribution in [3.8, 4) is 5.75 Å². The first-order valence-electron chi connectivity index (χ1n) is 5.33. The summed E-state index contributed by atoms with van der Waals surface area (Å²) in [5.41, 5.74) is 0. The van der Waals surface area contributed by atoms with E-state index >= 15 is 0 Å². The first kappa shape index (κ1) is 11.2. The maximum Gasteiger partial charge on any atom is 0.412 e. The molecule has 0 saturated heterocycles. The van der Waals surface area contributed by atoms with Gasteiger partial charge in [-0.15, -0.1) is 0 Å². The summed E-state index contributed by atoms with van der Waals surface area (Å²) in [4.78, 5) is 11.4. The molecule has 0 atom stereocenters. The molecule has 1 aromatic heterocycles. The van der Waals surface area contributed by atoms with Gasteiger partial charge in [-0.2, -0.15) is 5.10 Å². The van der Waals surface area contributed by atoms with Crippen LogP contribution in [0.25, 0.3) is 0 Å². The Bertz CT molecular complexity index is 454. The molecular formula is C12H13N3O2. The standard InChI is InChI=1S/C12H13N3O2/c16-12(17-11-5-2-1-3-6-11)13-8-10-15-9-4-7-14-15/h1-7,9H,8,10H2,(H,13,16). The van der Waals surface area contributed by atoms with Gasteiger partial charge in [-0.1, -0.05) is 18.2 Å². The molecule has 5 nitrogen and oxygen atoms in total. The molecule has 0 spiro atoms. The predicted molar refractivity (Wildman–Crippen MR) is 62.7 cm³/mol. The lowest BCUT2D eigenvalue weighted by Crippen LogP contribution is -2.30. The van der Waals surface area contributed by atoms with Crippen LogP contribution >= 0.6 is 0 Å². The number of benzene rings is 1. The normalized spacial score (nSPS) is 9.88. The highest BCUT2D eigenvalue weighted by molar-refractivity contribution is 5.70. The summed E-state index contributed by atoms with van der Waals surface area (Å²) in [5, 5.41) is 6.67. The minimum atomic E-state index is -0.455. The van der Waals surface area contributed by atoms with Crippen molar-refractivity contribution < 1.29 is 9.53 Å². The van der Waals surface area contributed by atoms with E-state index in [1.165, 1.54) is 0 Å². The molecule has 0 fully saturated rings. The van der Waals surface area contributed by atoms with Gasteiger partial charge in [-0.3, -0.25) is 4.68 Å². The minimum Gasteiger partial charge on any atom is -0.410 e. The molecule has 17 heavy (non-hydrogen) atoms. The predicted octanol–water partition coefficient (Wildman–Crippen LogP) is 1.67. The molecule has 0 bridgehead atoms. The van der Waals surface area contributed by atoms with Crippen LogP contribution in [0, 0.1) is 0 Å². The number of aromatic nitrogens is 2. The molecular weight excluding hydrogens is 218 g/mol. The number of hydrogen-bond donors (Lipinski definition) is 1. The number of nitrogens with one attached hydrogen (secondary N) is 1. The lowest BCUT2D eigenvalue weighted by atomic mass is 10.3. The van der Waals surface area contributed by atoms with Gasteiger partial charge in [0, 0.05) is 18.9 Å². The number of rotatable bonds is 4. The molecule has 1 heterocycles. The first-order valence-corrected chi connectivity index (χ1v) is 5.33. The fraction of sp³-hybridized carbons (Fsp3) is 0.167. The Labute approximate surface area is 99.0 Å². The summed E-state index contributed by atoms with van der Waals surface area (Å²) in [7, 11) is 0. The second-order valence-corrected chi connectivity index (χ2v) is 3.40. The monoisotopic (exact) mass is 231 g/mol. The van der Waals surface area contributed by atoms with Crippen LogP contribution in [-0.4, -0.2) is 22.4 Å². The van der Waals surface area contributed by atoms with E-state index in [0.29, 0.717) is 18.8 Å². The van der Waals surface area contributed by atoms with Crippen LogP contribution in [0.3, 0.4) is 0 Å². The molecule has 0 unspecified atom stereocenters. The summed E-state index contributed by atoms with van der Waals surface area (Å²) in [5.74, 6) is 0.532. The molecule has 1 amide bonds. The zero-order valence-electron chi connectivity index (χ0n) is 9.24. The van der Waals surface area contributed by atoms with Crippen molar-refractivity contribution >= 4 is 6.09 Å². The van der Waals surface area contributed by atoms with E-state index in [0.717, 1.165) is 0 Å². The Balaban J connectivity index is 1.71. The average Bonchev–Trinajstić information content (AvgIpc) is 2.83. The Morgan fingerprint density at radius 2 is 2.12 bits per heavy atom. The van der Waals surface area contributed by atoms with Gasteiger partial charge in [0.15, 0.2) is 0 Å². The zero-order valence-corrected chi connectivity index (χ0v) is 9.24. The Hall–Kier alpha value is -2.30. The van der Waals surface area contributed by atoms with Gasteiger partial charge in [0.2, 0.25) is 0 Å². The van der Waals surface area contributed by atoms with E-state index in [1.54, 1.807) is 23.0 Å². The molecule has 0 aliphatic rings. The van der Waals surface area contributed by atoms with Crippen LogP contribution in [0.1, 0.15) is 0 Å². The van der Waals surface area contributed by atoms with Crippen molar-refractivity contribution in [3.05, 3.63) is 48.8 Å². The number of hydrogen-bond acceptors (Lipinski definition) is 3. The summed E-state index contributed by atoms with van der Waals surface area (Å²) in [6.45, 7) is 1.10. The van der Waals surface area contributed by atoms with E-state index in [4.69, 9.17) is 4.74 Å².